The van der Waals surface area contributed by atoms with Crippen LogP contribution in [0.2, 0.25) is 5.02 Å². The van der Waals surface area contributed by atoms with Crippen LogP contribution in [-0.4, -0.2) is 41.1 Å². The van der Waals surface area contributed by atoms with E-state index >= 15 is 0 Å². The number of anilines is 1. The Morgan fingerprint density at radius 3 is 2.74 bits per heavy atom. The summed E-state index contributed by atoms with van der Waals surface area (Å²) in [7, 11) is 0. The van der Waals surface area contributed by atoms with Crippen molar-refractivity contribution in [2.45, 2.75) is 12.8 Å². The molecular weight excluding hydrogens is 335 g/mol. The number of amides is 1. The minimum absolute atomic E-state index is 0.0465. The molecule has 2 aliphatic heterocycles. The lowest BCUT2D eigenvalue weighted by Crippen LogP contribution is -2.51. The number of aliphatic hydroxyl groups is 1. The second-order valence-electron chi connectivity index (χ2n) is 4.97. The van der Waals surface area contributed by atoms with Crippen molar-refractivity contribution in [3.8, 4) is 0 Å². The maximum atomic E-state index is 13.1. The number of aliphatic hydroxyl groups excluding tert-OH is 1. The molecule has 0 saturated heterocycles. The van der Waals surface area contributed by atoms with Crippen molar-refractivity contribution in [3.05, 3.63) is 40.6 Å². The summed E-state index contributed by atoms with van der Waals surface area (Å²) in [4.78, 5) is 18.3. The highest BCUT2D eigenvalue weighted by Crippen LogP contribution is 2.35. The van der Waals surface area contributed by atoms with Gasteiger partial charge in [0.25, 0.3) is 5.91 Å². The van der Waals surface area contributed by atoms with E-state index in [1.165, 1.54) is 18.2 Å². The predicted octanol–water partition coefficient (Wildman–Crippen LogP) is 2.30. The molecule has 3 rings (SSSR count). The number of benzene rings is 1. The van der Waals surface area contributed by atoms with Crippen LogP contribution in [0, 0.1) is 0 Å². The van der Waals surface area contributed by atoms with Gasteiger partial charge in [-0.05, 0) is 23.8 Å². The van der Waals surface area contributed by atoms with Gasteiger partial charge in [-0.2, -0.15) is 13.2 Å². The molecule has 122 valence electrons. The number of halogens is 4. The number of hydrogen-bond donors (Lipinski definition) is 1. The lowest BCUT2D eigenvalue weighted by molar-refractivity contribution is -0.119. The molecule has 5 nitrogen and oxygen atoms in total. The van der Waals surface area contributed by atoms with Crippen LogP contribution in [0.1, 0.15) is 5.56 Å². The number of aliphatic imine (C=N–C) groups is 1. The third kappa shape index (κ3) is 2.68. The van der Waals surface area contributed by atoms with Crippen molar-refractivity contribution in [1.82, 2.24) is 4.90 Å². The first-order valence-corrected chi connectivity index (χ1v) is 7.05. The molecular formula is C14H11ClF3N3O2. The van der Waals surface area contributed by atoms with Gasteiger partial charge in [-0.15, -0.1) is 0 Å². The smallest absolute Gasteiger partial charge is 0.392 e. The fourth-order valence-electron chi connectivity index (χ4n) is 2.51. The van der Waals surface area contributed by atoms with Crippen LogP contribution in [0.15, 0.2) is 35.0 Å². The molecule has 0 aromatic heterocycles. The number of rotatable bonds is 2. The van der Waals surface area contributed by atoms with E-state index in [-0.39, 0.29) is 25.7 Å². The SMILES string of the molecule is O=C1C=C(C(F)(F)F)N2CCN=C2N1c1ccc(Cl)c(CO)c1. The number of alkyl halides is 3. The highest BCUT2D eigenvalue weighted by Gasteiger charge is 2.46. The number of fused-ring (bicyclic) bond motifs is 1. The Balaban J connectivity index is 2.08. The van der Waals surface area contributed by atoms with Gasteiger partial charge in [0.05, 0.1) is 18.8 Å². The number of allylic oxidation sites excluding steroid dienone is 1. The molecule has 0 spiro atoms. The van der Waals surface area contributed by atoms with Gasteiger partial charge in [-0.3, -0.25) is 9.79 Å². The molecule has 1 aromatic rings. The largest absolute Gasteiger partial charge is 0.431 e. The first-order chi connectivity index (χ1) is 10.8. The van der Waals surface area contributed by atoms with Crippen LogP contribution in [0.5, 0.6) is 0 Å². The van der Waals surface area contributed by atoms with Crippen molar-refractivity contribution in [3.63, 3.8) is 0 Å². The molecule has 1 N–H and O–H groups in total. The zero-order valence-electron chi connectivity index (χ0n) is 11.6. The average molecular weight is 346 g/mol. The van der Waals surface area contributed by atoms with Crippen molar-refractivity contribution >= 4 is 29.2 Å². The van der Waals surface area contributed by atoms with E-state index in [1.54, 1.807) is 0 Å². The van der Waals surface area contributed by atoms with Gasteiger partial charge >= 0.3 is 6.18 Å². The van der Waals surface area contributed by atoms with Crippen LogP contribution < -0.4 is 4.90 Å². The number of nitrogens with zero attached hydrogens (tertiary/aromatic N) is 3. The molecule has 2 aliphatic rings. The molecule has 0 atom stereocenters. The number of guanidine groups is 1. The molecule has 0 unspecified atom stereocenters. The van der Waals surface area contributed by atoms with Gasteiger partial charge in [-0.25, -0.2) is 4.90 Å². The number of carbonyl (C=O) groups is 1. The molecule has 1 amide bonds. The third-order valence-electron chi connectivity index (χ3n) is 3.54. The molecule has 0 bridgehead atoms. The second kappa shape index (κ2) is 5.54. The minimum atomic E-state index is -4.64. The summed E-state index contributed by atoms with van der Waals surface area (Å²) in [5.41, 5.74) is -0.356. The summed E-state index contributed by atoms with van der Waals surface area (Å²) in [6, 6.07) is 4.41. The van der Waals surface area contributed by atoms with E-state index in [0.717, 1.165) is 9.80 Å². The minimum Gasteiger partial charge on any atom is -0.392 e. The van der Waals surface area contributed by atoms with Crippen LogP contribution in [-0.2, 0) is 11.4 Å². The van der Waals surface area contributed by atoms with Gasteiger partial charge in [0, 0.05) is 17.6 Å². The number of carbonyl (C=O) groups excluding carboxylic acids is 1. The average Bonchev–Trinajstić information content (AvgIpc) is 2.95. The van der Waals surface area contributed by atoms with Gasteiger partial charge in [0.15, 0.2) is 0 Å². The normalized spacial score (nSPS) is 18.0. The monoisotopic (exact) mass is 345 g/mol. The van der Waals surface area contributed by atoms with E-state index in [0.29, 0.717) is 22.3 Å². The van der Waals surface area contributed by atoms with Gasteiger partial charge in [0.2, 0.25) is 5.96 Å². The summed E-state index contributed by atoms with van der Waals surface area (Å²) < 4.78 is 39.2. The second-order valence-corrected chi connectivity index (χ2v) is 5.38. The summed E-state index contributed by atoms with van der Waals surface area (Å²) >= 11 is 5.90. The molecule has 23 heavy (non-hydrogen) atoms. The standard InChI is InChI=1S/C14H11ClF3N3O2/c15-10-2-1-9(5-8(10)7-22)21-12(23)6-11(14(16,17)18)20-4-3-19-13(20)21/h1-2,5-6,22H,3-4,7H2. The van der Waals surface area contributed by atoms with Crippen molar-refractivity contribution in [2.24, 2.45) is 4.99 Å². The van der Waals surface area contributed by atoms with Crippen molar-refractivity contribution in [2.75, 3.05) is 18.0 Å². The Morgan fingerprint density at radius 2 is 2.09 bits per heavy atom. The summed E-state index contributed by atoms with van der Waals surface area (Å²) in [6.07, 6.45) is -4.08. The van der Waals surface area contributed by atoms with Gasteiger partial charge in [-0.1, -0.05) is 11.6 Å². The quantitative estimate of drug-likeness (QED) is 0.895. The third-order valence-corrected chi connectivity index (χ3v) is 3.91. The molecule has 9 heteroatoms. The molecule has 0 saturated carbocycles. The van der Waals surface area contributed by atoms with E-state index in [9.17, 15) is 23.1 Å². The topological polar surface area (TPSA) is 56.1 Å². The Hall–Kier alpha value is -2.06. The molecule has 0 fully saturated rings. The van der Waals surface area contributed by atoms with Gasteiger partial charge < -0.3 is 10.0 Å². The zero-order chi connectivity index (χ0) is 16.8. The molecule has 1 aromatic carbocycles. The molecule has 0 radical (unpaired) electrons. The van der Waals surface area contributed by atoms with Crippen molar-refractivity contribution in [1.29, 1.82) is 0 Å². The summed E-state index contributed by atoms with van der Waals surface area (Å²) in [5, 5.41) is 9.56. The Morgan fingerprint density at radius 1 is 1.35 bits per heavy atom. The summed E-state index contributed by atoms with van der Waals surface area (Å²) in [5.74, 6) is -0.920. The molecule has 2 heterocycles. The fraction of sp³-hybridized carbons (Fsp3) is 0.286. The predicted molar refractivity (Wildman–Crippen MR) is 78.0 cm³/mol. The first kappa shape index (κ1) is 15.8. The van der Waals surface area contributed by atoms with E-state index in [1.807, 2.05) is 0 Å². The highest BCUT2D eigenvalue weighted by molar-refractivity contribution is 6.31. The van der Waals surface area contributed by atoms with Crippen molar-refractivity contribution < 1.29 is 23.1 Å². The van der Waals surface area contributed by atoms with Crippen LogP contribution in [0.25, 0.3) is 0 Å². The zero-order valence-corrected chi connectivity index (χ0v) is 12.4. The van der Waals surface area contributed by atoms with Gasteiger partial charge in [0.1, 0.15) is 5.70 Å². The van der Waals surface area contributed by atoms with E-state index in [4.69, 9.17) is 11.6 Å². The maximum absolute atomic E-state index is 13.1. The lowest BCUT2D eigenvalue weighted by Gasteiger charge is -2.35. The Labute approximate surface area is 134 Å². The van der Waals surface area contributed by atoms with E-state index < -0.39 is 17.8 Å². The van der Waals surface area contributed by atoms with Crippen LogP contribution >= 0.6 is 11.6 Å². The maximum Gasteiger partial charge on any atom is 0.431 e. The fourth-order valence-corrected chi connectivity index (χ4v) is 2.69. The highest BCUT2D eigenvalue weighted by atomic mass is 35.5. The summed E-state index contributed by atoms with van der Waals surface area (Å²) in [6.45, 7) is -0.146. The number of hydrogen-bond acceptors (Lipinski definition) is 4. The Kier molecular flexibility index (Phi) is 3.81. The molecule has 0 aliphatic carbocycles. The van der Waals surface area contributed by atoms with Crippen LogP contribution in [0.4, 0.5) is 18.9 Å². The van der Waals surface area contributed by atoms with E-state index in [2.05, 4.69) is 4.99 Å². The first-order valence-electron chi connectivity index (χ1n) is 6.67. The van der Waals surface area contributed by atoms with Crippen LogP contribution in [0.3, 0.4) is 0 Å². The lowest BCUT2D eigenvalue weighted by atomic mass is 10.1. The Bertz CT molecular complexity index is 730.